The van der Waals surface area contributed by atoms with Crippen LogP contribution in [0, 0.1) is 19.3 Å². The zero-order valence-corrected chi connectivity index (χ0v) is 21.5. The number of ether oxygens (including phenoxy) is 4. The van der Waals surface area contributed by atoms with Crippen molar-refractivity contribution in [2.75, 3.05) is 19.0 Å². The van der Waals surface area contributed by atoms with Crippen LogP contribution in [-0.4, -0.2) is 72.3 Å². The number of aliphatic hydroxyl groups excluding tert-OH is 1. The molecule has 40 heavy (non-hydrogen) atoms. The summed E-state index contributed by atoms with van der Waals surface area (Å²) in [5.41, 5.74) is -2.05. The predicted molar refractivity (Wildman–Crippen MR) is 128 cm³/mol. The molecule has 4 N–H and O–H groups in total. The highest BCUT2D eigenvalue weighted by atomic mass is 19.4. The van der Waals surface area contributed by atoms with Gasteiger partial charge in [-0.3, -0.25) is 9.63 Å². The fourth-order valence-corrected chi connectivity index (χ4v) is 4.01. The van der Waals surface area contributed by atoms with Crippen molar-refractivity contribution < 1.29 is 61.2 Å². The van der Waals surface area contributed by atoms with Crippen LogP contribution in [0.25, 0.3) is 11.0 Å². The van der Waals surface area contributed by atoms with E-state index in [1.54, 1.807) is 13.8 Å². The molecule has 2 heterocycles. The molecular weight excluding hydrogens is 549 g/mol. The van der Waals surface area contributed by atoms with Crippen LogP contribution < -0.4 is 21.2 Å². The van der Waals surface area contributed by atoms with Crippen molar-refractivity contribution in [1.29, 1.82) is 0 Å². The maximum absolute atomic E-state index is 12.6. The highest BCUT2D eigenvalue weighted by Gasteiger charge is 2.53. The van der Waals surface area contributed by atoms with Crippen molar-refractivity contribution in [2.24, 2.45) is 0 Å². The first kappa shape index (κ1) is 30.5. The average molecular weight is 574 g/mol. The van der Waals surface area contributed by atoms with Gasteiger partial charge in [0.15, 0.2) is 23.6 Å². The second-order valence-corrected chi connectivity index (χ2v) is 8.95. The molecule has 3 rings (SSSR count). The van der Waals surface area contributed by atoms with Crippen molar-refractivity contribution in [3.63, 3.8) is 0 Å². The van der Waals surface area contributed by atoms with Crippen LogP contribution in [0.15, 0.2) is 21.3 Å². The molecule has 0 unspecified atom stereocenters. The van der Waals surface area contributed by atoms with Crippen molar-refractivity contribution in [3.05, 3.63) is 28.1 Å². The third-order valence-electron chi connectivity index (χ3n) is 5.81. The van der Waals surface area contributed by atoms with E-state index in [-0.39, 0.29) is 28.9 Å². The molecule has 16 heteroatoms. The Labute approximate surface area is 224 Å². The molecule has 0 radical (unpaired) electrons. The van der Waals surface area contributed by atoms with E-state index in [0.29, 0.717) is 0 Å². The van der Waals surface area contributed by atoms with Crippen molar-refractivity contribution >= 4 is 28.7 Å². The summed E-state index contributed by atoms with van der Waals surface area (Å²) in [4.78, 5) is 40.4. The first-order valence-corrected chi connectivity index (χ1v) is 11.4. The summed E-state index contributed by atoms with van der Waals surface area (Å²) in [5, 5.41) is 22.4. The van der Waals surface area contributed by atoms with Crippen LogP contribution in [0.2, 0.25) is 0 Å². The maximum Gasteiger partial charge on any atom is 0.471 e. The minimum absolute atomic E-state index is 0.0431. The van der Waals surface area contributed by atoms with E-state index in [2.05, 4.69) is 5.92 Å². The molecule has 1 aliphatic heterocycles. The van der Waals surface area contributed by atoms with E-state index < -0.39 is 65.4 Å². The number of hydrogen-bond acceptors (Lipinski definition) is 11. The summed E-state index contributed by atoms with van der Waals surface area (Å²) in [6.45, 7) is 4.29. The number of hydroxylamine groups is 1. The van der Waals surface area contributed by atoms with E-state index in [1.165, 1.54) is 25.4 Å². The summed E-state index contributed by atoms with van der Waals surface area (Å²) in [6, 6.07) is 2.39. The zero-order chi connectivity index (χ0) is 30.0. The standard InChI is InChI=1S/C24H25F3N2O11/c1-6-9-36-29-22(34)39-17-15(31)20(40-23(3,4)18(17)35-5)37-12-8-7-11-14(30)13(28-21(33)24(25,26)27)19(32)38-16(11)10(12)2/h1,7-8,15,17-18,20,30-31H,9H2,2-5H3,(H,28,33)(H,29,34)/t15-,17+,18-,20-/m1/s1. The first-order chi connectivity index (χ1) is 18.6. The van der Waals surface area contributed by atoms with Gasteiger partial charge in [-0.2, -0.15) is 18.7 Å². The molecular formula is C24H25F3N2O11. The van der Waals surface area contributed by atoms with Gasteiger partial charge in [0.25, 0.3) is 0 Å². The highest BCUT2D eigenvalue weighted by Crippen LogP contribution is 2.38. The van der Waals surface area contributed by atoms with Gasteiger partial charge in [0, 0.05) is 12.7 Å². The number of amides is 2. The third kappa shape index (κ3) is 6.23. The normalized spacial score (nSPS) is 22.3. The van der Waals surface area contributed by atoms with Gasteiger partial charge >= 0.3 is 23.8 Å². The van der Waals surface area contributed by atoms with Crippen LogP contribution in [0.3, 0.4) is 0 Å². The smallest absolute Gasteiger partial charge is 0.471 e. The summed E-state index contributed by atoms with van der Waals surface area (Å²) in [6.07, 6.45) is -6.85. The molecule has 0 aliphatic carbocycles. The van der Waals surface area contributed by atoms with Gasteiger partial charge in [-0.05, 0) is 32.9 Å². The van der Waals surface area contributed by atoms with Gasteiger partial charge in [-0.25, -0.2) is 9.59 Å². The molecule has 0 spiro atoms. The summed E-state index contributed by atoms with van der Waals surface area (Å²) in [5.74, 6) is -1.37. The van der Waals surface area contributed by atoms with Crippen LogP contribution in [0.1, 0.15) is 19.4 Å². The molecule has 1 fully saturated rings. The molecule has 0 saturated carbocycles. The number of alkyl halides is 3. The Hall–Kier alpha value is -4.04. The Balaban J connectivity index is 1.92. The topological polar surface area (TPSA) is 175 Å². The molecule has 218 valence electrons. The Kier molecular flexibility index (Phi) is 8.84. The van der Waals surface area contributed by atoms with E-state index in [9.17, 15) is 37.8 Å². The predicted octanol–water partition coefficient (Wildman–Crippen LogP) is 1.86. The number of carbonyl (C=O) groups is 2. The number of rotatable bonds is 7. The van der Waals surface area contributed by atoms with E-state index >= 15 is 0 Å². The molecule has 13 nitrogen and oxygen atoms in total. The molecule has 1 aromatic carbocycles. The molecule has 0 bridgehead atoms. The Bertz CT molecular complexity index is 1380. The SMILES string of the molecule is C#CCONC(=O)O[C@H]1[C@@H](O)[C@H](Oc2ccc3c(O)c(NC(=O)C(F)(F)F)c(=O)oc3c2C)OC(C)(C)[C@@H]1OC. The zero-order valence-electron chi connectivity index (χ0n) is 21.5. The lowest BCUT2D eigenvalue weighted by Crippen LogP contribution is -2.65. The van der Waals surface area contributed by atoms with Gasteiger partial charge in [0.05, 0.1) is 11.0 Å². The lowest BCUT2D eigenvalue weighted by molar-refractivity contribution is -0.305. The second-order valence-electron chi connectivity index (χ2n) is 8.95. The number of carbonyl (C=O) groups excluding carboxylic acids is 2. The van der Waals surface area contributed by atoms with E-state index in [4.69, 9.17) is 34.6 Å². The Morgan fingerprint density at radius 1 is 1.27 bits per heavy atom. The minimum Gasteiger partial charge on any atom is -0.505 e. The Morgan fingerprint density at radius 3 is 2.55 bits per heavy atom. The number of hydrogen-bond donors (Lipinski definition) is 4. The molecule has 1 saturated heterocycles. The number of aryl methyl sites for hydroxylation is 1. The summed E-state index contributed by atoms with van der Waals surface area (Å²) < 4.78 is 65.3. The maximum atomic E-state index is 12.6. The largest absolute Gasteiger partial charge is 0.505 e. The number of methoxy groups -OCH3 is 1. The fraction of sp³-hybridized carbons (Fsp3) is 0.458. The van der Waals surface area contributed by atoms with Gasteiger partial charge in [0.1, 0.15) is 24.0 Å². The van der Waals surface area contributed by atoms with Crippen molar-refractivity contribution in [2.45, 2.75) is 57.2 Å². The lowest BCUT2D eigenvalue weighted by atomic mass is 9.89. The van der Waals surface area contributed by atoms with Gasteiger partial charge < -0.3 is 38.9 Å². The summed E-state index contributed by atoms with van der Waals surface area (Å²) in [7, 11) is 1.31. The van der Waals surface area contributed by atoms with Crippen molar-refractivity contribution in [3.8, 4) is 23.8 Å². The second kappa shape index (κ2) is 11.6. The van der Waals surface area contributed by atoms with Crippen LogP contribution in [0.5, 0.6) is 11.5 Å². The number of benzene rings is 1. The van der Waals surface area contributed by atoms with Crippen LogP contribution >= 0.6 is 0 Å². The fourth-order valence-electron chi connectivity index (χ4n) is 4.01. The third-order valence-corrected chi connectivity index (χ3v) is 5.81. The van der Waals surface area contributed by atoms with Gasteiger partial charge in [-0.15, -0.1) is 6.42 Å². The lowest BCUT2D eigenvalue weighted by Gasteiger charge is -2.47. The molecule has 4 atom stereocenters. The number of nitrogens with one attached hydrogen (secondary N) is 2. The monoisotopic (exact) mass is 574 g/mol. The van der Waals surface area contributed by atoms with E-state index in [1.807, 2.05) is 5.48 Å². The van der Waals surface area contributed by atoms with Crippen LogP contribution in [-0.2, 0) is 23.8 Å². The van der Waals surface area contributed by atoms with Crippen molar-refractivity contribution in [1.82, 2.24) is 5.48 Å². The van der Waals surface area contributed by atoms with Crippen LogP contribution in [0.4, 0.5) is 23.7 Å². The summed E-state index contributed by atoms with van der Waals surface area (Å²) >= 11 is 0. The minimum atomic E-state index is -5.32. The average Bonchev–Trinajstić information content (AvgIpc) is 2.86. The number of anilines is 1. The molecule has 1 aliphatic rings. The first-order valence-electron chi connectivity index (χ1n) is 11.4. The number of fused-ring (bicyclic) bond motifs is 1. The number of terminal acetylenes is 1. The number of aromatic hydroxyl groups is 1. The van der Waals surface area contributed by atoms with E-state index in [0.717, 1.165) is 6.07 Å². The number of aliphatic hydroxyl groups is 1. The molecule has 1 aromatic heterocycles. The molecule has 2 amide bonds. The Morgan fingerprint density at radius 2 is 1.95 bits per heavy atom. The quantitative estimate of drug-likeness (QED) is 0.164. The molecule has 2 aromatic rings. The number of halogens is 3. The van der Waals surface area contributed by atoms with Gasteiger partial charge in [-0.1, -0.05) is 5.92 Å². The van der Waals surface area contributed by atoms with Gasteiger partial charge in [0.2, 0.25) is 6.29 Å². The highest BCUT2D eigenvalue weighted by molar-refractivity contribution is 6.00.